The minimum Gasteiger partial charge on any atom is -0.478 e. The van der Waals surface area contributed by atoms with Crippen molar-refractivity contribution in [1.82, 2.24) is 10.2 Å². The van der Waals surface area contributed by atoms with E-state index in [9.17, 15) is 14.4 Å². The van der Waals surface area contributed by atoms with Gasteiger partial charge >= 0.3 is 5.97 Å². The largest absolute Gasteiger partial charge is 0.478 e. The number of rotatable bonds is 4. The zero-order valence-electron chi connectivity index (χ0n) is 12.8. The Bertz CT molecular complexity index is 610. The first-order valence-corrected chi connectivity index (χ1v) is 7.24. The fourth-order valence-electron chi connectivity index (χ4n) is 2.66. The molecule has 0 spiro atoms. The second kappa shape index (κ2) is 6.17. The Hall–Kier alpha value is -2.37. The third-order valence-electron chi connectivity index (χ3n) is 4.01. The molecule has 0 saturated carbocycles. The number of carbonyl (C=O) groups is 3. The molecule has 1 heterocycles. The first kappa shape index (κ1) is 16.0. The zero-order valence-corrected chi connectivity index (χ0v) is 12.8. The summed E-state index contributed by atoms with van der Waals surface area (Å²) in [5.74, 6) is -1.31. The number of nitrogens with zero attached hydrogens (tertiary/aromatic N) is 1. The summed E-state index contributed by atoms with van der Waals surface area (Å²) in [6, 6.07) is 6.66. The van der Waals surface area contributed by atoms with E-state index in [1.165, 1.54) is 6.07 Å². The van der Waals surface area contributed by atoms with Crippen molar-refractivity contribution in [3.05, 3.63) is 35.4 Å². The van der Waals surface area contributed by atoms with Gasteiger partial charge in [0.2, 0.25) is 11.8 Å². The van der Waals surface area contributed by atoms with Gasteiger partial charge in [0.1, 0.15) is 5.54 Å². The maximum absolute atomic E-state index is 12.4. The molecule has 1 aliphatic heterocycles. The van der Waals surface area contributed by atoms with E-state index in [1.807, 2.05) is 0 Å². The average molecular weight is 304 g/mol. The quantitative estimate of drug-likeness (QED) is 0.870. The molecule has 0 unspecified atom stereocenters. The second-order valence-corrected chi connectivity index (χ2v) is 5.82. The number of hydrogen-bond donors (Lipinski definition) is 2. The van der Waals surface area contributed by atoms with Gasteiger partial charge in [-0.1, -0.05) is 18.2 Å². The molecule has 0 atom stereocenters. The van der Waals surface area contributed by atoms with E-state index in [0.29, 0.717) is 25.1 Å². The third kappa shape index (κ3) is 3.10. The highest BCUT2D eigenvalue weighted by Gasteiger charge is 2.39. The summed E-state index contributed by atoms with van der Waals surface area (Å²) >= 11 is 0. The van der Waals surface area contributed by atoms with Crippen LogP contribution in [0.2, 0.25) is 0 Å². The Morgan fingerprint density at radius 1 is 1.32 bits per heavy atom. The molecule has 1 aromatic carbocycles. The van der Waals surface area contributed by atoms with Gasteiger partial charge in [-0.05, 0) is 31.9 Å². The lowest BCUT2D eigenvalue weighted by Gasteiger charge is -2.41. The number of aromatic carboxylic acids is 1. The van der Waals surface area contributed by atoms with Crippen LogP contribution < -0.4 is 5.32 Å². The van der Waals surface area contributed by atoms with Crippen molar-refractivity contribution in [3.8, 4) is 0 Å². The fourth-order valence-corrected chi connectivity index (χ4v) is 2.66. The van der Waals surface area contributed by atoms with E-state index in [-0.39, 0.29) is 23.8 Å². The van der Waals surface area contributed by atoms with Gasteiger partial charge in [0.25, 0.3) is 0 Å². The van der Waals surface area contributed by atoms with Gasteiger partial charge in [-0.15, -0.1) is 0 Å². The van der Waals surface area contributed by atoms with Crippen molar-refractivity contribution in [2.75, 3.05) is 13.1 Å². The highest BCUT2D eigenvalue weighted by molar-refractivity contribution is 5.92. The molecular formula is C16H20N2O4. The highest BCUT2D eigenvalue weighted by Crippen LogP contribution is 2.20. The minimum atomic E-state index is -0.999. The van der Waals surface area contributed by atoms with Crippen LogP contribution in [0.15, 0.2) is 24.3 Å². The zero-order chi connectivity index (χ0) is 16.3. The molecule has 2 N–H and O–H groups in total. The fraction of sp³-hybridized carbons (Fsp3) is 0.438. The Kier molecular flexibility index (Phi) is 4.49. The van der Waals surface area contributed by atoms with Gasteiger partial charge in [0.05, 0.1) is 5.56 Å². The summed E-state index contributed by atoms with van der Waals surface area (Å²) in [5.41, 5.74) is -0.0321. The molecule has 1 aromatic rings. The van der Waals surface area contributed by atoms with Crippen molar-refractivity contribution in [3.63, 3.8) is 0 Å². The summed E-state index contributed by atoms with van der Waals surface area (Å²) in [6.07, 6.45) is 0.524. The van der Waals surface area contributed by atoms with Crippen LogP contribution in [-0.2, 0) is 16.0 Å². The van der Waals surface area contributed by atoms with Crippen molar-refractivity contribution in [2.45, 2.75) is 32.2 Å². The summed E-state index contributed by atoms with van der Waals surface area (Å²) in [7, 11) is 0. The molecule has 0 bridgehead atoms. The second-order valence-electron chi connectivity index (χ2n) is 5.82. The molecule has 2 amide bonds. The maximum Gasteiger partial charge on any atom is 0.335 e. The summed E-state index contributed by atoms with van der Waals surface area (Å²) in [5, 5.41) is 11.9. The van der Waals surface area contributed by atoms with Gasteiger partial charge in [-0.3, -0.25) is 9.59 Å². The monoisotopic (exact) mass is 304 g/mol. The van der Waals surface area contributed by atoms with Crippen LogP contribution in [0.4, 0.5) is 0 Å². The molecule has 0 aliphatic carbocycles. The number of piperazine rings is 1. The summed E-state index contributed by atoms with van der Waals surface area (Å²) in [4.78, 5) is 37.0. The van der Waals surface area contributed by atoms with Crippen LogP contribution >= 0.6 is 0 Å². The molecule has 6 nitrogen and oxygen atoms in total. The lowest BCUT2D eigenvalue weighted by Crippen LogP contribution is -2.63. The number of carbonyl (C=O) groups excluding carboxylic acids is 2. The van der Waals surface area contributed by atoms with Crippen LogP contribution in [0, 0.1) is 0 Å². The molecule has 0 aromatic heterocycles. The molecule has 2 rings (SSSR count). The van der Waals surface area contributed by atoms with E-state index in [1.54, 1.807) is 36.9 Å². The normalized spacial score (nSPS) is 17.0. The average Bonchev–Trinajstić information content (AvgIpc) is 2.47. The van der Waals surface area contributed by atoms with Crippen molar-refractivity contribution in [1.29, 1.82) is 0 Å². The molecule has 118 valence electrons. The van der Waals surface area contributed by atoms with Crippen LogP contribution in [-0.4, -0.2) is 46.4 Å². The lowest BCUT2D eigenvalue weighted by molar-refractivity contribution is -0.149. The molecular weight excluding hydrogens is 284 g/mol. The molecule has 1 saturated heterocycles. The number of hydrogen-bond acceptors (Lipinski definition) is 3. The van der Waals surface area contributed by atoms with E-state index >= 15 is 0 Å². The Morgan fingerprint density at radius 2 is 2.00 bits per heavy atom. The number of carboxylic acid groups (broad SMARTS) is 1. The summed E-state index contributed by atoms with van der Waals surface area (Å²) < 4.78 is 0. The molecule has 6 heteroatoms. The highest BCUT2D eigenvalue weighted by atomic mass is 16.4. The standard InChI is InChI=1S/C16H20N2O4/c1-16(2)15(22)17-9-10-18(16)13(19)8-7-11-5-3-4-6-12(11)14(20)21/h3-6H,7-10H2,1-2H3,(H,17,22)(H,20,21). The first-order chi connectivity index (χ1) is 10.3. The van der Waals surface area contributed by atoms with Gasteiger partial charge in [0, 0.05) is 19.5 Å². The van der Waals surface area contributed by atoms with E-state index in [4.69, 9.17) is 5.11 Å². The number of amides is 2. The Balaban J connectivity index is 2.07. The molecule has 22 heavy (non-hydrogen) atoms. The molecule has 1 fully saturated rings. The topological polar surface area (TPSA) is 86.7 Å². The van der Waals surface area contributed by atoms with Crippen LogP contribution in [0.5, 0.6) is 0 Å². The van der Waals surface area contributed by atoms with E-state index in [2.05, 4.69) is 5.32 Å². The third-order valence-corrected chi connectivity index (χ3v) is 4.01. The van der Waals surface area contributed by atoms with Crippen LogP contribution in [0.25, 0.3) is 0 Å². The maximum atomic E-state index is 12.4. The predicted octanol–water partition coefficient (Wildman–Crippen LogP) is 1.05. The van der Waals surface area contributed by atoms with E-state index in [0.717, 1.165) is 0 Å². The van der Waals surface area contributed by atoms with Gasteiger partial charge in [-0.2, -0.15) is 0 Å². The molecule has 1 aliphatic rings. The van der Waals surface area contributed by atoms with Gasteiger partial charge in [-0.25, -0.2) is 4.79 Å². The van der Waals surface area contributed by atoms with Crippen LogP contribution in [0.1, 0.15) is 36.2 Å². The number of aryl methyl sites for hydroxylation is 1. The van der Waals surface area contributed by atoms with E-state index < -0.39 is 11.5 Å². The SMILES string of the molecule is CC1(C)C(=O)NCCN1C(=O)CCc1ccccc1C(=O)O. The summed E-state index contributed by atoms with van der Waals surface area (Å²) in [6.45, 7) is 4.34. The van der Waals surface area contributed by atoms with Gasteiger partial charge in [0.15, 0.2) is 0 Å². The molecule has 0 radical (unpaired) electrons. The lowest BCUT2D eigenvalue weighted by atomic mass is 9.97. The number of nitrogens with one attached hydrogen (secondary N) is 1. The van der Waals surface area contributed by atoms with Gasteiger partial charge < -0.3 is 15.3 Å². The predicted molar refractivity (Wildman–Crippen MR) is 80.5 cm³/mol. The Morgan fingerprint density at radius 3 is 2.68 bits per heavy atom. The van der Waals surface area contributed by atoms with Crippen molar-refractivity contribution in [2.24, 2.45) is 0 Å². The Labute approximate surface area is 129 Å². The van der Waals surface area contributed by atoms with Crippen molar-refractivity contribution >= 4 is 17.8 Å². The first-order valence-electron chi connectivity index (χ1n) is 7.24. The van der Waals surface area contributed by atoms with Crippen LogP contribution in [0.3, 0.4) is 0 Å². The smallest absolute Gasteiger partial charge is 0.335 e. The number of benzene rings is 1. The minimum absolute atomic E-state index is 0.139. The van der Waals surface area contributed by atoms with Crippen molar-refractivity contribution < 1.29 is 19.5 Å². The number of carboxylic acids is 1.